The number of aromatic nitrogens is 1. The Hall–Kier alpha value is -1.91. The van der Waals surface area contributed by atoms with Crippen molar-refractivity contribution in [3.8, 4) is 0 Å². The van der Waals surface area contributed by atoms with Gasteiger partial charge in [0.15, 0.2) is 0 Å². The second-order valence-electron chi connectivity index (χ2n) is 3.45. The summed E-state index contributed by atoms with van der Waals surface area (Å²) in [5.41, 5.74) is 1.66. The lowest BCUT2D eigenvalue weighted by atomic mass is 10.2. The van der Waals surface area contributed by atoms with Crippen LogP contribution in [-0.4, -0.2) is 16.5 Å². The molecule has 0 amide bonds. The zero-order chi connectivity index (χ0) is 11.4. The summed E-state index contributed by atoms with van der Waals surface area (Å²) >= 11 is 0. The van der Waals surface area contributed by atoms with Crippen molar-refractivity contribution in [2.45, 2.75) is 13.8 Å². The molecule has 1 aromatic rings. The summed E-state index contributed by atoms with van der Waals surface area (Å²) in [4.78, 5) is 14.3. The molecule has 0 bridgehead atoms. The van der Waals surface area contributed by atoms with Crippen molar-refractivity contribution in [2.24, 2.45) is 0 Å². The summed E-state index contributed by atoms with van der Waals surface area (Å²) in [5, 5.41) is 13.6. The van der Waals surface area contributed by atoms with E-state index in [0.717, 1.165) is 11.1 Å². The van der Waals surface area contributed by atoms with Crippen LogP contribution < -0.4 is 5.32 Å². The predicted octanol–water partition coefficient (Wildman–Crippen LogP) is 2.29. The summed E-state index contributed by atoms with van der Waals surface area (Å²) in [7, 11) is 0. The van der Waals surface area contributed by atoms with E-state index < -0.39 is 4.92 Å². The summed E-state index contributed by atoms with van der Waals surface area (Å²) in [5.74, 6) is 0.286. The van der Waals surface area contributed by atoms with Crippen LogP contribution in [-0.2, 0) is 0 Å². The van der Waals surface area contributed by atoms with E-state index in [4.69, 9.17) is 0 Å². The number of pyridine rings is 1. The lowest BCUT2D eigenvalue weighted by Gasteiger charge is -2.05. The van der Waals surface area contributed by atoms with Crippen molar-refractivity contribution < 1.29 is 4.92 Å². The van der Waals surface area contributed by atoms with Crippen LogP contribution in [0.25, 0.3) is 0 Å². The fraction of sp³-hybridized carbons (Fsp3) is 0.300. The van der Waals surface area contributed by atoms with Crippen molar-refractivity contribution in [1.29, 1.82) is 0 Å². The highest BCUT2D eigenvalue weighted by molar-refractivity contribution is 5.56. The molecule has 0 saturated carbocycles. The van der Waals surface area contributed by atoms with Gasteiger partial charge in [0.05, 0.1) is 4.92 Å². The topological polar surface area (TPSA) is 68.1 Å². The fourth-order valence-electron chi connectivity index (χ4n) is 1.06. The van der Waals surface area contributed by atoms with Crippen LogP contribution in [0.2, 0.25) is 0 Å². The summed E-state index contributed by atoms with van der Waals surface area (Å²) in [6.45, 7) is 7.79. The van der Waals surface area contributed by atoms with E-state index in [9.17, 15) is 10.1 Å². The SMILES string of the molecule is C=C(C)CNc1ncc(C)cc1[N+](=O)[O-]. The van der Waals surface area contributed by atoms with Crippen LogP contribution in [0.3, 0.4) is 0 Å². The molecule has 5 nitrogen and oxygen atoms in total. The smallest absolute Gasteiger partial charge is 0.311 e. The number of nitrogens with zero attached hydrogens (tertiary/aromatic N) is 2. The molecule has 0 aliphatic carbocycles. The molecular formula is C10H13N3O2. The average molecular weight is 207 g/mol. The zero-order valence-corrected chi connectivity index (χ0v) is 8.78. The Morgan fingerprint density at radius 2 is 2.40 bits per heavy atom. The van der Waals surface area contributed by atoms with E-state index >= 15 is 0 Å². The normalized spacial score (nSPS) is 9.73. The van der Waals surface area contributed by atoms with Gasteiger partial charge in [-0.05, 0) is 19.4 Å². The zero-order valence-electron chi connectivity index (χ0n) is 8.78. The first-order valence-corrected chi connectivity index (χ1v) is 4.50. The van der Waals surface area contributed by atoms with Gasteiger partial charge in [-0.15, -0.1) is 0 Å². The van der Waals surface area contributed by atoms with Crippen LogP contribution in [0, 0.1) is 17.0 Å². The molecule has 0 aromatic carbocycles. The number of hydrogen-bond donors (Lipinski definition) is 1. The van der Waals surface area contributed by atoms with E-state index in [1.807, 2.05) is 6.92 Å². The third-order valence-electron chi connectivity index (χ3n) is 1.76. The van der Waals surface area contributed by atoms with Gasteiger partial charge in [0.25, 0.3) is 0 Å². The van der Waals surface area contributed by atoms with Crippen LogP contribution in [0.5, 0.6) is 0 Å². The lowest BCUT2D eigenvalue weighted by Crippen LogP contribution is -2.06. The standard InChI is InChI=1S/C10H13N3O2/c1-7(2)5-11-10-9(13(14)15)4-8(3)6-12-10/h4,6H,1,5H2,2-3H3,(H,11,12). The number of aryl methyl sites for hydroxylation is 1. The number of hydrogen-bond acceptors (Lipinski definition) is 4. The van der Waals surface area contributed by atoms with Gasteiger partial charge in [0.1, 0.15) is 0 Å². The molecule has 1 heterocycles. The molecule has 0 spiro atoms. The maximum atomic E-state index is 10.7. The molecular weight excluding hydrogens is 194 g/mol. The molecule has 1 N–H and O–H groups in total. The highest BCUT2D eigenvalue weighted by Gasteiger charge is 2.14. The van der Waals surface area contributed by atoms with Crippen molar-refractivity contribution in [3.05, 3.63) is 40.1 Å². The first kappa shape index (κ1) is 11.2. The maximum absolute atomic E-state index is 10.7. The molecule has 1 aromatic heterocycles. The van der Waals surface area contributed by atoms with Gasteiger partial charge < -0.3 is 5.32 Å². The first-order valence-electron chi connectivity index (χ1n) is 4.50. The van der Waals surface area contributed by atoms with E-state index in [-0.39, 0.29) is 11.5 Å². The minimum atomic E-state index is -0.444. The van der Waals surface area contributed by atoms with E-state index in [0.29, 0.717) is 6.54 Å². The van der Waals surface area contributed by atoms with E-state index in [1.165, 1.54) is 6.07 Å². The molecule has 0 atom stereocenters. The van der Waals surface area contributed by atoms with Gasteiger partial charge in [-0.3, -0.25) is 10.1 Å². The molecule has 80 valence electrons. The van der Waals surface area contributed by atoms with Crippen LogP contribution in [0.4, 0.5) is 11.5 Å². The Morgan fingerprint density at radius 1 is 1.73 bits per heavy atom. The molecule has 0 saturated heterocycles. The predicted molar refractivity (Wildman–Crippen MR) is 58.9 cm³/mol. The molecule has 0 aliphatic rings. The minimum absolute atomic E-state index is 0.00347. The highest BCUT2D eigenvalue weighted by Crippen LogP contribution is 2.22. The molecule has 0 fully saturated rings. The molecule has 1 rings (SSSR count). The largest absolute Gasteiger partial charge is 0.361 e. The summed E-state index contributed by atoms with van der Waals surface area (Å²) in [6.07, 6.45) is 1.59. The number of anilines is 1. The quantitative estimate of drug-likeness (QED) is 0.467. The monoisotopic (exact) mass is 207 g/mol. The van der Waals surface area contributed by atoms with Gasteiger partial charge in [-0.2, -0.15) is 0 Å². The van der Waals surface area contributed by atoms with E-state index in [1.54, 1.807) is 13.1 Å². The minimum Gasteiger partial charge on any atom is -0.361 e. The summed E-state index contributed by atoms with van der Waals surface area (Å²) in [6, 6.07) is 1.49. The van der Waals surface area contributed by atoms with Gasteiger partial charge in [-0.1, -0.05) is 12.2 Å². The lowest BCUT2D eigenvalue weighted by molar-refractivity contribution is -0.384. The Balaban J connectivity index is 2.95. The average Bonchev–Trinajstić information content (AvgIpc) is 2.15. The maximum Gasteiger partial charge on any atom is 0.311 e. The second kappa shape index (κ2) is 4.54. The van der Waals surface area contributed by atoms with Gasteiger partial charge >= 0.3 is 5.69 Å². The Labute approximate surface area is 88.0 Å². The van der Waals surface area contributed by atoms with Crippen molar-refractivity contribution in [2.75, 3.05) is 11.9 Å². The molecule has 5 heteroatoms. The Bertz CT molecular complexity index is 402. The molecule has 0 unspecified atom stereocenters. The Kier molecular flexibility index (Phi) is 3.38. The Morgan fingerprint density at radius 3 is 2.93 bits per heavy atom. The van der Waals surface area contributed by atoms with Gasteiger partial charge in [0, 0.05) is 18.8 Å². The molecule has 0 aliphatic heterocycles. The van der Waals surface area contributed by atoms with Crippen molar-refractivity contribution >= 4 is 11.5 Å². The van der Waals surface area contributed by atoms with Crippen LogP contribution in [0.1, 0.15) is 12.5 Å². The molecule has 0 radical (unpaired) electrons. The third-order valence-corrected chi connectivity index (χ3v) is 1.76. The fourth-order valence-corrected chi connectivity index (χ4v) is 1.06. The van der Waals surface area contributed by atoms with Crippen molar-refractivity contribution in [1.82, 2.24) is 4.98 Å². The third kappa shape index (κ3) is 3.05. The summed E-state index contributed by atoms with van der Waals surface area (Å²) < 4.78 is 0. The van der Waals surface area contributed by atoms with Gasteiger partial charge in [0.2, 0.25) is 5.82 Å². The van der Waals surface area contributed by atoms with Crippen LogP contribution >= 0.6 is 0 Å². The number of nitrogens with one attached hydrogen (secondary N) is 1. The number of rotatable bonds is 4. The highest BCUT2D eigenvalue weighted by atomic mass is 16.6. The van der Waals surface area contributed by atoms with Crippen LogP contribution in [0.15, 0.2) is 24.4 Å². The second-order valence-corrected chi connectivity index (χ2v) is 3.45. The van der Waals surface area contributed by atoms with Crippen molar-refractivity contribution in [3.63, 3.8) is 0 Å². The number of nitro groups is 1. The first-order chi connectivity index (χ1) is 7.00. The molecule has 15 heavy (non-hydrogen) atoms. The van der Waals surface area contributed by atoms with Gasteiger partial charge in [-0.25, -0.2) is 4.98 Å². The van der Waals surface area contributed by atoms with E-state index in [2.05, 4.69) is 16.9 Å².